The molecular formula is C83H104N14O13S7. The fourth-order valence-electron chi connectivity index (χ4n) is 14.5. The molecule has 34 heteroatoms. The average Bonchev–Trinajstić information content (AvgIpc) is 1.70. The molecular weight excluding hydrogens is 1630 g/mol. The van der Waals surface area contributed by atoms with Crippen LogP contribution < -0.4 is 19.5 Å². The minimum absolute atomic E-state index is 0.0340. The quantitative estimate of drug-likeness (QED) is 0.127. The highest BCUT2D eigenvalue weighted by Crippen LogP contribution is 2.45. The zero-order valence-electron chi connectivity index (χ0n) is 69.6. The summed E-state index contributed by atoms with van der Waals surface area (Å²) in [5, 5.41) is 3.33. The molecule has 18 rings (SSSR count). The molecule has 0 bridgehead atoms. The fourth-order valence-corrected chi connectivity index (χ4v) is 25.4. The third-order valence-electron chi connectivity index (χ3n) is 21.6. The summed E-state index contributed by atoms with van der Waals surface area (Å²) >= 11 is 1.93. The molecule has 9 aliphatic rings. The third-order valence-corrected chi connectivity index (χ3v) is 33.8. The van der Waals surface area contributed by atoms with Gasteiger partial charge in [0.1, 0.15) is 21.5 Å². The first-order valence-corrected chi connectivity index (χ1v) is 47.1. The van der Waals surface area contributed by atoms with Crippen molar-refractivity contribution in [3.63, 3.8) is 0 Å². The molecule has 117 heavy (non-hydrogen) atoms. The minimum atomic E-state index is -3.70. The number of aromatic nitrogens is 9. The van der Waals surface area contributed by atoms with Crippen LogP contribution in [0.15, 0.2) is 195 Å². The number of nitrogens with zero attached hydrogens (tertiary/aromatic N) is 11. The Morgan fingerprint density at radius 1 is 0.470 bits per heavy atom. The highest BCUT2D eigenvalue weighted by molar-refractivity contribution is 7.99. The predicted octanol–water partition coefficient (Wildman–Crippen LogP) is 11.5. The van der Waals surface area contributed by atoms with Crippen molar-refractivity contribution in [2.75, 3.05) is 62.9 Å². The van der Waals surface area contributed by atoms with Crippen molar-refractivity contribution >= 4 is 91.0 Å². The molecule has 0 saturated carbocycles. The number of fused-ring (bicyclic) bond motifs is 9. The fraction of sp³-hybridized carbons (Fsp3) is 0.434. The standard InChI is InChI=1S/C10H14N2O2S.C10H14N2OS.2C9H10N2O3S.C9H12N2.C9H11NO2S.C9H11NOS.C9H11NO.C9H11NS/c1-10(2)7-12(3)15(13,14)9-4-5-11-6-8(9)10;1-10(2)7-12(3)14(13)9-4-5-11-6-8(9)10;1-9(2)6-5-10-4-3-7(6)15(13,14)11-8(9)12;1-9(2)7-5-10-4-3-6(7)8(12)11-15(9,13)14;1-9(2)6-11-7-4-3-5-10-8(7)9;1-9(2)6-13(11,12)8-3-4-10-5-7(8)9;1-9(2)6-12(11)8-3-4-10-5-7(8)9;2*1-9(2)6-11-8-3-4-10-5-7(8)9/h4-6H,7H2,1-3H3;4-6H,7H2,1-3H3;2*3-5H,1-2H3,(H,11,12);3-5,11H,6H2,1-2H3;3-5H,6H2,1-2H3;3-5H,6H2,1-2H3;2*3-5H,6H2,1-2H3. The largest absolute Gasteiger partial charge is 0.492 e. The number of hydrogen-bond acceptors (Lipinski definition) is 24. The summed E-state index contributed by atoms with van der Waals surface area (Å²) in [7, 11) is -12.0. The van der Waals surface area contributed by atoms with Crippen molar-refractivity contribution < 1.29 is 56.4 Å². The van der Waals surface area contributed by atoms with Gasteiger partial charge in [-0.15, -0.1) is 11.8 Å². The van der Waals surface area contributed by atoms with Crippen LogP contribution in [0, 0.1) is 0 Å². The molecule has 0 fully saturated rings. The van der Waals surface area contributed by atoms with Crippen molar-refractivity contribution in [2.24, 2.45) is 0 Å². The number of hydrogen-bond donors (Lipinski definition) is 3. The van der Waals surface area contributed by atoms with Crippen molar-refractivity contribution in [2.45, 2.75) is 202 Å². The van der Waals surface area contributed by atoms with E-state index in [1.165, 1.54) is 86.8 Å². The van der Waals surface area contributed by atoms with Gasteiger partial charge in [-0.2, -0.15) is 0 Å². The zero-order chi connectivity index (χ0) is 86.3. The van der Waals surface area contributed by atoms with E-state index in [1.54, 1.807) is 77.9 Å². The average molecular weight is 1730 g/mol. The van der Waals surface area contributed by atoms with Crippen LogP contribution in [0.4, 0.5) is 5.69 Å². The number of sulfonamides is 3. The van der Waals surface area contributed by atoms with Gasteiger partial charge in [0, 0.05) is 221 Å². The molecule has 0 radical (unpaired) electrons. The number of anilines is 1. The zero-order valence-corrected chi connectivity index (χ0v) is 75.3. The number of likely N-dealkylation sites (N-methyl/N-ethyl adjacent to an activating group) is 2. The molecule has 3 N–H and O–H groups in total. The van der Waals surface area contributed by atoms with Gasteiger partial charge in [-0.3, -0.25) is 58.7 Å². The van der Waals surface area contributed by atoms with Crippen LogP contribution in [-0.4, -0.2) is 165 Å². The number of carbonyl (C=O) groups is 2. The van der Waals surface area contributed by atoms with Gasteiger partial charge >= 0.3 is 0 Å². The maximum absolute atomic E-state index is 12.0. The van der Waals surface area contributed by atoms with Crippen LogP contribution in [0.25, 0.3) is 0 Å². The second-order valence-electron chi connectivity index (χ2n) is 35.1. The summed E-state index contributed by atoms with van der Waals surface area (Å²) < 4.78 is 129. The minimum Gasteiger partial charge on any atom is -0.492 e. The van der Waals surface area contributed by atoms with Crippen molar-refractivity contribution in [1.82, 2.24) is 62.9 Å². The number of carbonyl (C=O) groups excluding carboxylic acids is 2. The molecule has 0 aliphatic carbocycles. The smallest absolute Gasteiger partial charge is 0.265 e. The Labute approximate surface area is 697 Å². The third kappa shape index (κ3) is 19.3. The Morgan fingerprint density at radius 3 is 1.55 bits per heavy atom. The number of rotatable bonds is 0. The van der Waals surface area contributed by atoms with Crippen LogP contribution in [0.1, 0.15) is 185 Å². The van der Waals surface area contributed by atoms with Gasteiger partial charge in [-0.1, -0.05) is 96.9 Å². The monoisotopic (exact) mass is 1730 g/mol. The molecule has 2 unspecified atom stereocenters. The predicted molar refractivity (Wildman–Crippen MR) is 454 cm³/mol. The van der Waals surface area contributed by atoms with Crippen LogP contribution in [0.3, 0.4) is 0 Å². The highest BCUT2D eigenvalue weighted by atomic mass is 32.2. The summed E-state index contributed by atoms with van der Waals surface area (Å²) in [6.45, 7) is 39.2. The summed E-state index contributed by atoms with van der Waals surface area (Å²) in [6.07, 6.45) is 28.5. The summed E-state index contributed by atoms with van der Waals surface area (Å²) in [4.78, 5) is 63.7. The number of sulfone groups is 1. The molecule has 626 valence electrons. The topological polar surface area (TPSA) is 373 Å². The van der Waals surface area contributed by atoms with E-state index in [1.807, 2.05) is 122 Å². The first-order valence-electron chi connectivity index (χ1n) is 37.6. The van der Waals surface area contributed by atoms with E-state index in [4.69, 9.17) is 4.74 Å². The summed E-state index contributed by atoms with van der Waals surface area (Å²) in [5.74, 6) is 1.99. The van der Waals surface area contributed by atoms with Gasteiger partial charge in [-0.25, -0.2) is 55.9 Å². The lowest BCUT2D eigenvalue weighted by atomic mass is 9.85. The lowest BCUT2D eigenvalue weighted by Crippen LogP contribution is -2.48. The Morgan fingerprint density at radius 2 is 0.966 bits per heavy atom. The van der Waals surface area contributed by atoms with E-state index in [0.29, 0.717) is 38.4 Å². The molecule has 0 saturated heterocycles. The molecule has 18 heterocycles. The van der Waals surface area contributed by atoms with E-state index >= 15 is 0 Å². The van der Waals surface area contributed by atoms with Gasteiger partial charge in [0.2, 0.25) is 26.0 Å². The molecule has 2 amide bonds. The number of ether oxygens (including phenoxy) is 1. The van der Waals surface area contributed by atoms with Gasteiger partial charge in [0.15, 0.2) is 9.84 Å². The maximum atomic E-state index is 12.0. The van der Waals surface area contributed by atoms with Crippen LogP contribution in [0.5, 0.6) is 5.75 Å². The first kappa shape index (κ1) is 90.6. The van der Waals surface area contributed by atoms with Crippen LogP contribution in [-0.2, 0) is 115 Å². The molecule has 9 aromatic heterocycles. The number of thioether (sulfide) groups is 1. The van der Waals surface area contributed by atoms with Gasteiger partial charge in [0.25, 0.3) is 15.9 Å². The van der Waals surface area contributed by atoms with E-state index in [-0.39, 0.29) is 43.1 Å². The molecule has 9 aromatic rings. The van der Waals surface area contributed by atoms with Crippen LogP contribution in [0.2, 0.25) is 0 Å². The Bertz CT molecular complexity index is 5660. The number of nitrogens with one attached hydrogen (secondary N) is 3. The second kappa shape index (κ2) is 33.8. The Kier molecular flexibility index (Phi) is 26.2. The van der Waals surface area contributed by atoms with E-state index < -0.39 is 83.7 Å². The first-order chi connectivity index (χ1) is 54.2. The van der Waals surface area contributed by atoms with Gasteiger partial charge in [0.05, 0.1) is 59.5 Å². The van der Waals surface area contributed by atoms with Crippen molar-refractivity contribution in [3.05, 3.63) is 222 Å². The van der Waals surface area contributed by atoms with Crippen molar-refractivity contribution in [1.29, 1.82) is 0 Å². The summed E-state index contributed by atoms with van der Waals surface area (Å²) in [5.41, 5.74) is 9.57. The Balaban J connectivity index is 0.000000139. The van der Waals surface area contributed by atoms with Gasteiger partial charge in [-0.05, 0) is 116 Å². The van der Waals surface area contributed by atoms with E-state index in [0.717, 1.165) is 63.2 Å². The SMILES string of the molecule is CC1(C)C(=O)NS(=O)(=O)c2ccncc21.CC1(C)CNc2cccnc21.CC1(C)COc2ccncc21.CC1(C)CS(=O)(=O)c2ccncc21.CC1(C)CS(=O)c2ccncc21.CC1(C)CSc2ccncc21.CC1(C)c2cnccc2C(=O)NS1(=O)=O.CN1CC(C)(C)c2cnccc2S1(=O)=O.CN1CC(C)(C)c2cnccc2S1=O. The Hall–Kier alpha value is -8.74. The lowest BCUT2D eigenvalue weighted by Gasteiger charge is -2.36. The van der Waals surface area contributed by atoms with E-state index in [9.17, 15) is 51.7 Å². The van der Waals surface area contributed by atoms with E-state index in [2.05, 4.69) is 132 Å². The molecule has 2 atom stereocenters. The second-order valence-corrected chi connectivity index (χ2v) is 46.9. The normalized spacial score (nSPS) is 22.2. The van der Waals surface area contributed by atoms with Crippen LogP contribution >= 0.6 is 11.8 Å². The van der Waals surface area contributed by atoms with Crippen molar-refractivity contribution in [3.8, 4) is 5.75 Å². The molecule has 27 nitrogen and oxygen atoms in total. The molecule has 0 spiro atoms. The number of pyridine rings is 9. The number of amides is 2. The maximum Gasteiger partial charge on any atom is 0.265 e. The molecule has 0 aromatic carbocycles. The summed E-state index contributed by atoms with van der Waals surface area (Å²) in [6, 6.07) is 17.8. The lowest BCUT2D eigenvalue weighted by molar-refractivity contribution is -0.124. The van der Waals surface area contributed by atoms with Gasteiger partial charge < -0.3 is 10.1 Å². The highest BCUT2D eigenvalue weighted by Gasteiger charge is 2.47. The molecule has 9 aliphatic heterocycles.